The highest BCUT2D eigenvalue weighted by molar-refractivity contribution is 5.86. The standard InChI is InChI=1S/C20H21N5O3/c1-11(2)26-20-14-9-17(28-16(14)5-6-22-20)15-10-23-18-3-4-19(24-25(15)18)27-13-7-12(21)8-13/h3-6,9-13H,7-8,21H2,1-2H3/t12-,13-. The second-order valence-electron chi connectivity index (χ2n) is 7.36. The minimum Gasteiger partial charge on any atom is -0.474 e. The van der Waals surface area contributed by atoms with E-state index in [4.69, 9.17) is 19.6 Å². The van der Waals surface area contributed by atoms with Crippen molar-refractivity contribution >= 4 is 16.6 Å². The topological polar surface area (TPSA) is 101 Å². The van der Waals surface area contributed by atoms with E-state index in [2.05, 4.69) is 15.1 Å². The van der Waals surface area contributed by atoms with Gasteiger partial charge in [-0.3, -0.25) is 0 Å². The van der Waals surface area contributed by atoms with Crippen LogP contribution in [0.4, 0.5) is 0 Å². The molecule has 1 aliphatic rings. The van der Waals surface area contributed by atoms with Gasteiger partial charge in [0.15, 0.2) is 11.4 Å². The number of imidazole rings is 1. The van der Waals surface area contributed by atoms with E-state index in [0.717, 1.165) is 23.9 Å². The van der Waals surface area contributed by atoms with Crippen molar-refractivity contribution in [2.24, 2.45) is 5.73 Å². The van der Waals surface area contributed by atoms with Gasteiger partial charge in [0.2, 0.25) is 11.8 Å². The highest BCUT2D eigenvalue weighted by atomic mass is 16.5. The van der Waals surface area contributed by atoms with Gasteiger partial charge in [0.25, 0.3) is 0 Å². The number of fused-ring (bicyclic) bond motifs is 2. The number of hydrogen-bond acceptors (Lipinski definition) is 7. The van der Waals surface area contributed by atoms with E-state index in [1.165, 1.54) is 0 Å². The molecule has 144 valence electrons. The minimum atomic E-state index is 0.0215. The molecule has 4 aromatic heterocycles. The maximum absolute atomic E-state index is 6.03. The first-order valence-electron chi connectivity index (χ1n) is 9.39. The van der Waals surface area contributed by atoms with Crippen LogP contribution in [0, 0.1) is 0 Å². The summed E-state index contributed by atoms with van der Waals surface area (Å²) in [6.45, 7) is 3.93. The summed E-state index contributed by atoms with van der Waals surface area (Å²) in [7, 11) is 0. The molecule has 2 N–H and O–H groups in total. The Morgan fingerprint density at radius 2 is 2.07 bits per heavy atom. The van der Waals surface area contributed by atoms with Crippen LogP contribution in [0.2, 0.25) is 0 Å². The first-order valence-corrected chi connectivity index (χ1v) is 9.39. The zero-order chi connectivity index (χ0) is 19.3. The predicted molar refractivity (Wildman–Crippen MR) is 103 cm³/mol. The molecule has 0 saturated heterocycles. The molecule has 8 heteroatoms. The molecule has 28 heavy (non-hydrogen) atoms. The van der Waals surface area contributed by atoms with Crippen LogP contribution in [0.3, 0.4) is 0 Å². The number of nitrogens with zero attached hydrogens (tertiary/aromatic N) is 4. The number of nitrogens with two attached hydrogens (primary N) is 1. The SMILES string of the molecule is CC(C)Oc1nccc2oc(-c3cnc4ccc(O[C@H]5C[C@H](N)C5)nn34)cc12. The lowest BCUT2D eigenvalue weighted by Gasteiger charge is -2.31. The van der Waals surface area contributed by atoms with Gasteiger partial charge < -0.3 is 19.6 Å². The minimum absolute atomic E-state index is 0.0215. The largest absolute Gasteiger partial charge is 0.474 e. The maximum Gasteiger partial charge on any atom is 0.232 e. The Bertz CT molecular complexity index is 1140. The van der Waals surface area contributed by atoms with Crippen LogP contribution >= 0.6 is 0 Å². The lowest BCUT2D eigenvalue weighted by Crippen LogP contribution is -2.43. The molecule has 0 atom stereocenters. The monoisotopic (exact) mass is 379 g/mol. The van der Waals surface area contributed by atoms with E-state index in [0.29, 0.717) is 28.8 Å². The number of hydrogen-bond donors (Lipinski definition) is 1. The van der Waals surface area contributed by atoms with E-state index < -0.39 is 0 Å². The summed E-state index contributed by atoms with van der Waals surface area (Å²) in [5.74, 6) is 1.74. The quantitative estimate of drug-likeness (QED) is 0.568. The summed E-state index contributed by atoms with van der Waals surface area (Å²) in [4.78, 5) is 8.74. The number of pyridine rings is 1. The van der Waals surface area contributed by atoms with Gasteiger partial charge in [0, 0.05) is 24.4 Å². The van der Waals surface area contributed by atoms with E-state index in [-0.39, 0.29) is 18.2 Å². The second-order valence-corrected chi connectivity index (χ2v) is 7.36. The number of ether oxygens (including phenoxy) is 2. The Hall–Kier alpha value is -3.13. The Labute approximate surface area is 161 Å². The van der Waals surface area contributed by atoms with Gasteiger partial charge in [-0.25, -0.2) is 14.5 Å². The van der Waals surface area contributed by atoms with Gasteiger partial charge in [-0.15, -0.1) is 5.10 Å². The van der Waals surface area contributed by atoms with Gasteiger partial charge in [0.05, 0.1) is 17.7 Å². The van der Waals surface area contributed by atoms with Crippen LogP contribution < -0.4 is 15.2 Å². The van der Waals surface area contributed by atoms with Crippen molar-refractivity contribution in [3.63, 3.8) is 0 Å². The summed E-state index contributed by atoms with van der Waals surface area (Å²) < 4.78 is 19.5. The van der Waals surface area contributed by atoms with Gasteiger partial charge >= 0.3 is 0 Å². The van der Waals surface area contributed by atoms with Crippen LogP contribution in [0.25, 0.3) is 28.1 Å². The first-order chi connectivity index (χ1) is 13.6. The molecule has 8 nitrogen and oxygen atoms in total. The Balaban J connectivity index is 1.53. The summed E-state index contributed by atoms with van der Waals surface area (Å²) in [5.41, 5.74) is 7.98. The molecule has 1 fully saturated rings. The molecule has 0 amide bonds. The zero-order valence-electron chi connectivity index (χ0n) is 15.7. The fraction of sp³-hybridized carbons (Fsp3) is 0.350. The molecule has 1 aliphatic carbocycles. The fourth-order valence-electron chi connectivity index (χ4n) is 3.34. The molecule has 0 radical (unpaired) electrons. The average Bonchev–Trinajstić information content (AvgIpc) is 3.23. The van der Waals surface area contributed by atoms with E-state index in [9.17, 15) is 0 Å². The third-order valence-corrected chi connectivity index (χ3v) is 4.77. The molecule has 0 unspecified atom stereocenters. The summed E-state index contributed by atoms with van der Waals surface area (Å²) in [6, 6.07) is 7.65. The Morgan fingerprint density at radius 3 is 2.86 bits per heavy atom. The Kier molecular flexibility index (Phi) is 3.94. The lowest BCUT2D eigenvalue weighted by molar-refractivity contribution is 0.0944. The molecular formula is C20H21N5O3. The normalized spacial score (nSPS) is 19.3. The van der Waals surface area contributed by atoms with Crippen molar-refractivity contribution in [3.8, 4) is 23.2 Å². The lowest BCUT2D eigenvalue weighted by atomic mass is 9.90. The summed E-state index contributed by atoms with van der Waals surface area (Å²) >= 11 is 0. The van der Waals surface area contributed by atoms with Crippen LogP contribution in [-0.4, -0.2) is 37.8 Å². The number of rotatable bonds is 5. The smallest absolute Gasteiger partial charge is 0.232 e. The molecule has 0 aliphatic heterocycles. The molecule has 5 rings (SSSR count). The second kappa shape index (κ2) is 6.49. The van der Waals surface area contributed by atoms with Gasteiger partial charge in [-0.1, -0.05) is 0 Å². The summed E-state index contributed by atoms with van der Waals surface area (Å²) in [6.07, 6.45) is 5.26. The predicted octanol–water partition coefficient (Wildman–Crippen LogP) is 3.19. The number of aromatic nitrogens is 4. The highest BCUT2D eigenvalue weighted by Gasteiger charge is 2.28. The molecule has 0 bridgehead atoms. The first kappa shape index (κ1) is 17.0. The zero-order valence-corrected chi connectivity index (χ0v) is 15.7. The van der Waals surface area contributed by atoms with Crippen molar-refractivity contribution < 1.29 is 13.9 Å². The molecule has 4 heterocycles. The Morgan fingerprint density at radius 1 is 1.21 bits per heavy atom. The molecule has 0 spiro atoms. The highest BCUT2D eigenvalue weighted by Crippen LogP contribution is 2.33. The van der Waals surface area contributed by atoms with Gasteiger partial charge in [0.1, 0.15) is 17.4 Å². The van der Waals surface area contributed by atoms with E-state index in [1.807, 2.05) is 38.1 Å². The van der Waals surface area contributed by atoms with E-state index in [1.54, 1.807) is 16.9 Å². The van der Waals surface area contributed by atoms with Crippen LogP contribution in [0.5, 0.6) is 11.8 Å². The van der Waals surface area contributed by atoms with E-state index >= 15 is 0 Å². The van der Waals surface area contributed by atoms with Gasteiger partial charge in [-0.2, -0.15) is 0 Å². The van der Waals surface area contributed by atoms with Crippen molar-refractivity contribution in [1.82, 2.24) is 19.6 Å². The van der Waals surface area contributed by atoms with Crippen molar-refractivity contribution in [1.29, 1.82) is 0 Å². The molecule has 4 aromatic rings. The van der Waals surface area contributed by atoms with Crippen molar-refractivity contribution in [2.75, 3.05) is 0 Å². The third-order valence-electron chi connectivity index (χ3n) is 4.77. The van der Waals surface area contributed by atoms with Crippen LogP contribution in [0.1, 0.15) is 26.7 Å². The van der Waals surface area contributed by atoms with Crippen molar-refractivity contribution in [3.05, 3.63) is 36.7 Å². The maximum atomic E-state index is 6.03. The number of furan rings is 1. The molecule has 1 saturated carbocycles. The van der Waals surface area contributed by atoms with Crippen molar-refractivity contribution in [2.45, 2.75) is 44.9 Å². The molecule has 0 aromatic carbocycles. The third kappa shape index (κ3) is 2.95. The molecular weight excluding hydrogens is 358 g/mol. The van der Waals surface area contributed by atoms with Gasteiger partial charge in [-0.05, 0) is 38.8 Å². The summed E-state index contributed by atoms with van der Waals surface area (Å²) in [5, 5.41) is 5.40. The van der Waals surface area contributed by atoms with Crippen LogP contribution in [-0.2, 0) is 0 Å². The average molecular weight is 379 g/mol. The van der Waals surface area contributed by atoms with Crippen LogP contribution in [0.15, 0.2) is 41.1 Å². The fourth-order valence-corrected chi connectivity index (χ4v) is 3.34.